The Hall–Kier alpha value is -4.75. The molecule has 5 aromatic rings. The van der Waals surface area contributed by atoms with Crippen molar-refractivity contribution < 1.29 is 14.3 Å². The Labute approximate surface area is 234 Å². The Morgan fingerprint density at radius 1 is 0.950 bits per heavy atom. The molecule has 6 rings (SSSR count). The number of nitrogens with zero attached hydrogens (tertiary/aromatic N) is 2. The van der Waals surface area contributed by atoms with Gasteiger partial charge in [0.2, 0.25) is 0 Å². The predicted molar refractivity (Wildman–Crippen MR) is 158 cm³/mol. The summed E-state index contributed by atoms with van der Waals surface area (Å²) in [6.07, 6.45) is 1.86. The third-order valence-corrected chi connectivity index (χ3v) is 7.90. The van der Waals surface area contributed by atoms with Gasteiger partial charge in [-0.15, -0.1) is 0 Å². The maximum absolute atomic E-state index is 14.2. The number of methoxy groups -OCH3 is 1. The number of fused-ring (bicyclic) bond motifs is 2. The van der Waals surface area contributed by atoms with Gasteiger partial charge in [0.15, 0.2) is 4.80 Å². The Bertz CT molecular complexity index is 1940. The van der Waals surface area contributed by atoms with Gasteiger partial charge in [-0.05, 0) is 35.4 Å². The van der Waals surface area contributed by atoms with Crippen LogP contribution in [0.4, 0.5) is 0 Å². The van der Waals surface area contributed by atoms with Gasteiger partial charge in [0.1, 0.15) is 5.75 Å². The van der Waals surface area contributed by atoms with Crippen molar-refractivity contribution >= 4 is 39.9 Å². The fraction of sp³-hybridized carbons (Fsp3) is 0.121. The topological polar surface area (TPSA) is 69.9 Å². The van der Waals surface area contributed by atoms with Crippen LogP contribution in [0.2, 0.25) is 0 Å². The zero-order valence-electron chi connectivity index (χ0n) is 22.0. The molecule has 7 heteroatoms. The lowest BCUT2D eigenvalue weighted by Gasteiger charge is -2.25. The zero-order valence-corrected chi connectivity index (χ0v) is 22.9. The fourth-order valence-corrected chi connectivity index (χ4v) is 6.11. The standard InChI is InChI=1S/C33H26N2O4S/c1-3-39-32(37)28-29(22-13-6-4-7-14-22)34-33-35(30(28)23-15-8-5-9-16-23)31(36)27(40-33)20-25-24-17-11-10-12-21(24)18-19-26(25)38-2/h4-20,30H,3H2,1-2H3/b27-20+/t30-/m1/s1. The SMILES string of the molecule is CCOC(=O)C1=C(c2ccccc2)N=c2s/c(=C/c3c(OC)ccc4ccccc34)c(=O)n2[C@@H]1c1ccccc1. The minimum absolute atomic E-state index is 0.206. The number of ether oxygens (including phenoxy) is 2. The zero-order chi connectivity index (χ0) is 27.6. The molecule has 0 aliphatic carbocycles. The van der Waals surface area contributed by atoms with Gasteiger partial charge in [-0.25, -0.2) is 9.79 Å². The monoisotopic (exact) mass is 546 g/mol. The van der Waals surface area contributed by atoms with Crippen molar-refractivity contribution in [3.05, 3.63) is 139 Å². The van der Waals surface area contributed by atoms with Crippen molar-refractivity contribution in [2.75, 3.05) is 13.7 Å². The maximum atomic E-state index is 14.2. The first kappa shape index (κ1) is 25.5. The van der Waals surface area contributed by atoms with Crippen molar-refractivity contribution in [1.29, 1.82) is 0 Å². The van der Waals surface area contributed by atoms with Gasteiger partial charge in [-0.1, -0.05) is 102 Å². The van der Waals surface area contributed by atoms with Crippen molar-refractivity contribution in [3.63, 3.8) is 0 Å². The van der Waals surface area contributed by atoms with E-state index < -0.39 is 12.0 Å². The highest BCUT2D eigenvalue weighted by Gasteiger charge is 2.35. The number of aromatic nitrogens is 1. The van der Waals surface area contributed by atoms with E-state index in [1.807, 2.05) is 103 Å². The van der Waals surface area contributed by atoms with E-state index in [0.717, 1.165) is 27.5 Å². The molecule has 0 amide bonds. The van der Waals surface area contributed by atoms with E-state index in [2.05, 4.69) is 0 Å². The van der Waals surface area contributed by atoms with E-state index in [-0.39, 0.29) is 12.2 Å². The average Bonchev–Trinajstić information content (AvgIpc) is 3.31. The van der Waals surface area contributed by atoms with Gasteiger partial charge in [0.05, 0.1) is 35.6 Å². The highest BCUT2D eigenvalue weighted by molar-refractivity contribution is 7.07. The molecule has 1 aromatic heterocycles. The molecule has 0 radical (unpaired) electrons. The summed E-state index contributed by atoms with van der Waals surface area (Å²) in [4.78, 5) is 33.1. The molecule has 0 saturated carbocycles. The molecule has 1 aliphatic heterocycles. The second-order valence-electron chi connectivity index (χ2n) is 9.24. The van der Waals surface area contributed by atoms with Gasteiger partial charge in [0, 0.05) is 11.1 Å². The molecule has 6 nitrogen and oxygen atoms in total. The molecule has 0 N–H and O–H groups in total. The van der Waals surface area contributed by atoms with Crippen LogP contribution in [0.5, 0.6) is 5.75 Å². The quantitative estimate of drug-likeness (QED) is 0.278. The lowest BCUT2D eigenvalue weighted by Crippen LogP contribution is -2.40. The number of carbonyl (C=O) groups excluding carboxylic acids is 1. The van der Waals surface area contributed by atoms with Gasteiger partial charge >= 0.3 is 5.97 Å². The first-order valence-electron chi connectivity index (χ1n) is 13.0. The van der Waals surface area contributed by atoms with E-state index in [4.69, 9.17) is 14.5 Å². The first-order chi connectivity index (χ1) is 19.6. The second kappa shape index (κ2) is 10.8. The summed E-state index contributed by atoms with van der Waals surface area (Å²) in [7, 11) is 1.62. The predicted octanol–water partition coefficient (Wildman–Crippen LogP) is 5.10. The maximum Gasteiger partial charge on any atom is 0.338 e. The van der Waals surface area contributed by atoms with Gasteiger partial charge in [-0.2, -0.15) is 0 Å². The van der Waals surface area contributed by atoms with E-state index in [1.165, 1.54) is 11.3 Å². The number of carbonyl (C=O) groups is 1. The van der Waals surface area contributed by atoms with Crippen molar-refractivity contribution in [2.24, 2.45) is 4.99 Å². The normalized spacial score (nSPS) is 15.1. The summed E-state index contributed by atoms with van der Waals surface area (Å²) < 4.78 is 13.3. The summed E-state index contributed by atoms with van der Waals surface area (Å²) in [5.74, 6) is 0.172. The Morgan fingerprint density at radius 2 is 1.65 bits per heavy atom. The third kappa shape index (κ3) is 4.44. The fourth-order valence-electron chi connectivity index (χ4n) is 5.12. The largest absolute Gasteiger partial charge is 0.496 e. The Morgan fingerprint density at radius 3 is 2.38 bits per heavy atom. The van der Waals surface area contributed by atoms with E-state index in [9.17, 15) is 9.59 Å². The highest BCUT2D eigenvalue weighted by Crippen LogP contribution is 2.35. The van der Waals surface area contributed by atoms with Crippen LogP contribution in [0.15, 0.2) is 112 Å². The molecule has 0 bridgehead atoms. The third-order valence-electron chi connectivity index (χ3n) is 6.92. The minimum atomic E-state index is -0.705. The first-order valence-corrected chi connectivity index (χ1v) is 13.8. The Balaban J connectivity index is 1.68. The van der Waals surface area contributed by atoms with Crippen LogP contribution in [0.25, 0.3) is 22.5 Å². The van der Waals surface area contributed by atoms with Gasteiger partial charge in [-0.3, -0.25) is 9.36 Å². The van der Waals surface area contributed by atoms with Crippen molar-refractivity contribution in [3.8, 4) is 5.75 Å². The Kier molecular flexibility index (Phi) is 6.88. The molecule has 1 aliphatic rings. The molecule has 40 heavy (non-hydrogen) atoms. The van der Waals surface area contributed by atoms with E-state index in [1.54, 1.807) is 18.6 Å². The highest BCUT2D eigenvalue weighted by atomic mass is 32.1. The number of hydrogen-bond acceptors (Lipinski definition) is 6. The number of thiazole rings is 1. The van der Waals surface area contributed by atoms with Crippen LogP contribution in [0, 0.1) is 0 Å². The van der Waals surface area contributed by atoms with Crippen LogP contribution < -0.4 is 19.6 Å². The van der Waals surface area contributed by atoms with Crippen LogP contribution in [-0.2, 0) is 9.53 Å². The lowest BCUT2D eigenvalue weighted by atomic mass is 9.93. The molecule has 0 unspecified atom stereocenters. The summed E-state index contributed by atoms with van der Waals surface area (Å²) in [5.41, 5.74) is 2.99. The number of esters is 1. The molecular weight excluding hydrogens is 520 g/mol. The summed E-state index contributed by atoms with van der Waals surface area (Å²) in [5, 5.41) is 2.02. The second-order valence-corrected chi connectivity index (χ2v) is 10.3. The lowest BCUT2D eigenvalue weighted by molar-refractivity contribution is -0.138. The van der Waals surface area contributed by atoms with Crippen LogP contribution >= 0.6 is 11.3 Å². The smallest absolute Gasteiger partial charge is 0.338 e. The van der Waals surface area contributed by atoms with E-state index >= 15 is 0 Å². The molecule has 4 aromatic carbocycles. The van der Waals surface area contributed by atoms with Gasteiger partial charge in [0.25, 0.3) is 5.56 Å². The summed E-state index contributed by atoms with van der Waals surface area (Å²) in [6, 6.07) is 30.3. The van der Waals surface area contributed by atoms with Crippen LogP contribution in [0.3, 0.4) is 0 Å². The molecule has 0 spiro atoms. The molecule has 0 fully saturated rings. The number of hydrogen-bond donors (Lipinski definition) is 0. The number of rotatable bonds is 6. The molecule has 198 valence electrons. The molecular formula is C33H26N2O4S. The summed E-state index contributed by atoms with van der Waals surface area (Å²) >= 11 is 1.29. The van der Waals surface area contributed by atoms with E-state index in [0.29, 0.717) is 26.4 Å². The van der Waals surface area contributed by atoms with Gasteiger partial charge < -0.3 is 9.47 Å². The molecule has 0 saturated heterocycles. The molecule has 2 heterocycles. The molecule has 1 atom stereocenters. The van der Waals surface area contributed by atoms with Crippen molar-refractivity contribution in [1.82, 2.24) is 4.57 Å². The summed E-state index contributed by atoms with van der Waals surface area (Å²) in [6.45, 7) is 1.97. The minimum Gasteiger partial charge on any atom is -0.496 e. The van der Waals surface area contributed by atoms with Crippen LogP contribution in [-0.4, -0.2) is 24.3 Å². The van der Waals surface area contributed by atoms with Crippen molar-refractivity contribution in [2.45, 2.75) is 13.0 Å². The van der Waals surface area contributed by atoms with Crippen LogP contribution in [0.1, 0.15) is 29.7 Å². The number of benzene rings is 4. The average molecular weight is 547 g/mol.